The van der Waals surface area contributed by atoms with Crippen molar-refractivity contribution in [3.8, 4) is 11.8 Å². The van der Waals surface area contributed by atoms with E-state index in [-0.39, 0.29) is 0 Å². The Kier molecular flexibility index (Phi) is 6.16. The second-order valence-electron chi connectivity index (χ2n) is 4.10. The molecule has 0 unspecified atom stereocenters. The Balaban J connectivity index is 1.88. The van der Waals surface area contributed by atoms with Crippen LogP contribution in [-0.4, -0.2) is 30.2 Å². The molecule has 20 heavy (non-hydrogen) atoms. The van der Waals surface area contributed by atoms with E-state index in [2.05, 4.69) is 37.9 Å². The average Bonchev–Trinajstić information content (AvgIpc) is 2.45. The van der Waals surface area contributed by atoms with E-state index in [1.165, 1.54) is 0 Å². The van der Waals surface area contributed by atoms with Crippen LogP contribution in [0, 0.1) is 3.57 Å². The Morgan fingerprint density at radius 3 is 2.75 bits per heavy atom. The predicted octanol–water partition coefficient (Wildman–Crippen LogP) is 2.61. The lowest BCUT2D eigenvalue weighted by Crippen LogP contribution is -2.18. The first kappa shape index (κ1) is 15.1. The maximum Gasteiger partial charge on any atom is 0.321 e. The Hall–Kier alpha value is -1.25. The molecule has 0 fully saturated rings. The van der Waals surface area contributed by atoms with Crippen LogP contribution >= 0.6 is 22.6 Å². The van der Waals surface area contributed by atoms with E-state index in [1.807, 2.05) is 24.3 Å². The van der Waals surface area contributed by atoms with Gasteiger partial charge in [-0.15, -0.1) is 0 Å². The standard InChI is InChI=1S/C14H16IN3O2/c1-19-6-5-16-8-11-9-17-14(18-10-11)20-13-4-2-3-12(15)7-13/h2-4,7,9-10,16H,5-6,8H2,1H3. The Morgan fingerprint density at radius 2 is 2.05 bits per heavy atom. The summed E-state index contributed by atoms with van der Waals surface area (Å²) in [5.41, 5.74) is 1.01. The fraction of sp³-hybridized carbons (Fsp3) is 0.286. The van der Waals surface area contributed by atoms with Gasteiger partial charge in [-0.05, 0) is 40.8 Å². The van der Waals surface area contributed by atoms with Crippen LogP contribution in [0.1, 0.15) is 5.56 Å². The van der Waals surface area contributed by atoms with Crippen LogP contribution in [0.3, 0.4) is 0 Å². The highest BCUT2D eigenvalue weighted by Gasteiger charge is 2.01. The number of rotatable bonds is 7. The van der Waals surface area contributed by atoms with Crippen molar-refractivity contribution >= 4 is 22.6 Å². The zero-order valence-electron chi connectivity index (χ0n) is 11.2. The summed E-state index contributed by atoms with van der Waals surface area (Å²) < 4.78 is 11.7. The van der Waals surface area contributed by atoms with Crippen LogP contribution in [0.2, 0.25) is 0 Å². The Morgan fingerprint density at radius 1 is 1.25 bits per heavy atom. The fourth-order valence-electron chi connectivity index (χ4n) is 1.53. The minimum atomic E-state index is 0.354. The molecule has 0 amide bonds. The minimum absolute atomic E-state index is 0.354. The van der Waals surface area contributed by atoms with Gasteiger partial charge in [0.2, 0.25) is 0 Å². The van der Waals surface area contributed by atoms with E-state index in [0.717, 1.165) is 21.4 Å². The number of nitrogens with zero attached hydrogens (tertiary/aromatic N) is 2. The molecule has 2 aromatic rings. The van der Waals surface area contributed by atoms with Crippen LogP contribution in [-0.2, 0) is 11.3 Å². The molecule has 0 spiro atoms. The van der Waals surface area contributed by atoms with Crippen LogP contribution in [0.5, 0.6) is 11.8 Å². The van der Waals surface area contributed by atoms with Gasteiger partial charge in [0.05, 0.1) is 6.61 Å². The maximum atomic E-state index is 5.59. The molecule has 0 atom stereocenters. The van der Waals surface area contributed by atoms with Gasteiger partial charge >= 0.3 is 6.01 Å². The van der Waals surface area contributed by atoms with E-state index in [9.17, 15) is 0 Å². The monoisotopic (exact) mass is 385 g/mol. The molecule has 1 aromatic carbocycles. The van der Waals surface area contributed by atoms with Gasteiger partial charge in [-0.25, -0.2) is 9.97 Å². The molecule has 2 rings (SSSR count). The summed E-state index contributed by atoms with van der Waals surface area (Å²) in [5, 5.41) is 3.23. The summed E-state index contributed by atoms with van der Waals surface area (Å²) in [5.74, 6) is 0.739. The first-order chi connectivity index (χ1) is 9.78. The van der Waals surface area contributed by atoms with Gasteiger partial charge in [0.25, 0.3) is 0 Å². The van der Waals surface area contributed by atoms with Crippen LogP contribution < -0.4 is 10.1 Å². The molecule has 1 aromatic heterocycles. The van der Waals surface area contributed by atoms with E-state index >= 15 is 0 Å². The highest BCUT2D eigenvalue weighted by Crippen LogP contribution is 2.19. The molecule has 0 saturated carbocycles. The minimum Gasteiger partial charge on any atom is -0.424 e. The second kappa shape index (κ2) is 8.13. The molecular formula is C14H16IN3O2. The van der Waals surface area contributed by atoms with Gasteiger partial charge in [0, 0.05) is 41.7 Å². The van der Waals surface area contributed by atoms with Gasteiger partial charge in [0.15, 0.2) is 0 Å². The van der Waals surface area contributed by atoms with Crippen LogP contribution in [0.15, 0.2) is 36.7 Å². The third kappa shape index (κ3) is 5.03. The molecule has 106 valence electrons. The van der Waals surface area contributed by atoms with Crippen molar-refractivity contribution in [1.82, 2.24) is 15.3 Å². The molecule has 0 aliphatic rings. The van der Waals surface area contributed by atoms with E-state index in [0.29, 0.717) is 19.2 Å². The summed E-state index contributed by atoms with van der Waals surface area (Å²) in [4.78, 5) is 8.39. The van der Waals surface area contributed by atoms with Gasteiger partial charge in [-0.3, -0.25) is 0 Å². The Labute approximate surface area is 131 Å². The molecule has 0 radical (unpaired) electrons. The van der Waals surface area contributed by atoms with Crippen molar-refractivity contribution in [1.29, 1.82) is 0 Å². The molecule has 0 saturated heterocycles. The lowest BCUT2D eigenvalue weighted by molar-refractivity contribution is 0.199. The third-order valence-electron chi connectivity index (χ3n) is 2.50. The highest BCUT2D eigenvalue weighted by molar-refractivity contribution is 14.1. The molecule has 0 bridgehead atoms. The number of benzene rings is 1. The quantitative estimate of drug-likeness (QED) is 0.587. The number of nitrogens with one attached hydrogen (secondary N) is 1. The number of aromatic nitrogens is 2. The molecule has 0 aliphatic carbocycles. The van der Waals surface area contributed by atoms with Gasteiger partial charge in [-0.2, -0.15) is 0 Å². The number of methoxy groups -OCH3 is 1. The van der Waals surface area contributed by atoms with Gasteiger partial charge in [-0.1, -0.05) is 6.07 Å². The van der Waals surface area contributed by atoms with E-state index in [4.69, 9.17) is 9.47 Å². The topological polar surface area (TPSA) is 56.3 Å². The fourth-order valence-corrected chi connectivity index (χ4v) is 2.04. The molecule has 6 heteroatoms. The average molecular weight is 385 g/mol. The third-order valence-corrected chi connectivity index (χ3v) is 3.17. The van der Waals surface area contributed by atoms with Crippen molar-refractivity contribution < 1.29 is 9.47 Å². The number of ether oxygens (including phenoxy) is 2. The lowest BCUT2D eigenvalue weighted by atomic mass is 10.3. The van der Waals surface area contributed by atoms with Crippen molar-refractivity contribution in [2.24, 2.45) is 0 Å². The number of hydrogen-bond acceptors (Lipinski definition) is 5. The molecule has 1 N–H and O–H groups in total. The van der Waals surface area contributed by atoms with Crippen molar-refractivity contribution in [3.63, 3.8) is 0 Å². The zero-order chi connectivity index (χ0) is 14.2. The summed E-state index contributed by atoms with van der Waals surface area (Å²) >= 11 is 2.24. The smallest absolute Gasteiger partial charge is 0.321 e. The van der Waals surface area contributed by atoms with Gasteiger partial charge < -0.3 is 14.8 Å². The SMILES string of the molecule is COCCNCc1cnc(Oc2cccc(I)c2)nc1. The molecule has 0 aliphatic heterocycles. The summed E-state index contributed by atoms with van der Waals surface area (Å²) in [6.45, 7) is 2.21. The second-order valence-corrected chi connectivity index (χ2v) is 5.35. The highest BCUT2D eigenvalue weighted by atomic mass is 127. The van der Waals surface area contributed by atoms with Crippen molar-refractivity contribution in [2.45, 2.75) is 6.54 Å². The van der Waals surface area contributed by atoms with E-state index in [1.54, 1.807) is 19.5 Å². The van der Waals surface area contributed by atoms with Gasteiger partial charge in [0.1, 0.15) is 5.75 Å². The van der Waals surface area contributed by atoms with Crippen molar-refractivity contribution in [3.05, 3.63) is 45.8 Å². The largest absolute Gasteiger partial charge is 0.424 e. The maximum absolute atomic E-state index is 5.59. The Bertz CT molecular complexity index is 534. The van der Waals surface area contributed by atoms with E-state index < -0.39 is 0 Å². The number of halogens is 1. The summed E-state index contributed by atoms with van der Waals surface area (Å²) in [6.07, 6.45) is 3.52. The molecular weight excluding hydrogens is 369 g/mol. The first-order valence-corrected chi connectivity index (χ1v) is 7.30. The van der Waals surface area contributed by atoms with Crippen LogP contribution in [0.4, 0.5) is 0 Å². The number of hydrogen-bond donors (Lipinski definition) is 1. The van der Waals surface area contributed by atoms with Crippen molar-refractivity contribution in [2.75, 3.05) is 20.3 Å². The van der Waals surface area contributed by atoms with Crippen LogP contribution in [0.25, 0.3) is 0 Å². The first-order valence-electron chi connectivity index (χ1n) is 6.22. The predicted molar refractivity (Wildman–Crippen MR) is 84.8 cm³/mol. The zero-order valence-corrected chi connectivity index (χ0v) is 13.3. The molecule has 1 heterocycles. The summed E-state index contributed by atoms with van der Waals surface area (Å²) in [7, 11) is 1.68. The molecule has 5 nitrogen and oxygen atoms in total. The summed E-state index contributed by atoms with van der Waals surface area (Å²) in [6, 6.07) is 8.11. The normalized spacial score (nSPS) is 10.5. The lowest BCUT2D eigenvalue weighted by Gasteiger charge is -2.06.